The Morgan fingerprint density at radius 1 is 1.21 bits per heavy atom. The highest BCUT2D eigenvalue weighted by atomic mass is 16.5. The predicted molar refractivity (Wildman–Crippen MR) is 58.9 cm³/mol. The van der Waals surface area contributed by atoms with E-state index < -0.39 is 0 Å². The number of esters is 1. The number of ether oxygens (including phenoxy) is 1. The third kappa shape index (κ3) is 4.45. The van der Waals surface area contributed by atoms with E-state index in [-0.39, 0.29) is 5.97 Å². The predicted octanol–water partition coefficient (Wildman–Crippen LogP) is 3.03. The van der Waals surface area contributed by atoms with Crippen molar-refractivity contribution in [2.24, 2.45) is 17.8 Å². The largest absolute Gasteiger partial charge is 0.462 e. The van der Waals surface area contributed by atoms with Gasteiger partial charge in [0.15, 0.2) is 0 Å². The number of rotatable bonds is 5. The van der Waals surface area contributed by atoms with Crippen molar-refractivity contribution < 1.29 is 9.53 Å². The molecule has 0 rings (SSSR count). The molecule has 0 aliphatic carbocycles. The van der Waals surface area contributed by atoms with Gasteiger partial charge in [0, 0.05) is 5.57 Å². The SMILES string of the molecule is C=C(C)C(=O)OCC(C(C)C)C(C)C. The van der Waals surface area contributed by atoms with Crippen molar-refractivity contribution in [1.82, 2.24) is 0 Å². The lowest BCUT2D eigenvalue weighted by atomic mass is 9.86. The zero-order valence-corrected chi connectivity index (χ0v) is 9.96. The molecule has 0 saturated heterocycles. The third-order valence-electron chi connectivity index (χ3n) is 2.47. The van der Waals surface area contributed by atoms with E-state index in [1.807, 2.05) is 0 Å². The number of carbonyl (C=O) groups is 1. The van der Waals surface area contributed by atoms with E-state index >= 15 is 0 Å². The Hall–Kier alpha value is -0.790. The Labute approximate surface area is 87.3 Å². The Kier molecular flexibility index (Phi) is 5.51. The summed E-state index contributed by atoms with van der Waals surface area (Å²) in [5.41, 5.74) is 0.469. The summed E-state index contributed by atoms with van der Waals surface area (Å²) in [6, 6.07) is 0. The lowest BCUT2D eigenvalue weighted by molar-refractivity contribution is -0.141. The van der Waals surface area contributed by atoms with Crippen LogP contribution in [0.5, 0.6) is 0 Å². The first-order chi connectivity index (χ1) is 6.36. The van der Waals surface area contributed by atoms with Crippen LogP contribution in [0.3, 0.4) is 0 Å². The number of hydrogen-bond acceptors (Lipinski definition) is 2. The normalized spacial score (nSPS) is 11.1. The highest BCUT2D eigenvalue weighted by Gasteiger charge is 2.19. The molecule has 82 valence electrons. The van der Waals surface area contributed by atoms with Crippen LogP contribution in [-0.2, 0) is 9.53 Å². The summed E-state index contributed by atoms with van der Waals surface area (Å²) in [6.07, 6.45) is 0. The molecule has 0 unspecified atom stereocenters. The van der Waals surface area contributed by atoms with Gasteiger partial charge in [0.05, 0.1) is 6.61 Å². The smallest absolute Gasteiger partial charge is 0.333 e. The van der Waals surface area contributed by atoms with Gasteiger partial charge in [0.25, 0.3) is 0 Å². The van der Waals surface area contributed by atoms with Gasteiger partial charge in [-0.2, -0.15) is 0 Å². The Morgan fingerprint density at radius 3 is 1.93 bits per heavy atom. The molecular formula is C12H22O2. The van der Waals surface area contributed by atoms with Crippen molar-refractivity contribution in [1.29, 1.82) is 0 Å². The maximum Gasteiger partial charge on any atom is 0.333 e. The molecule has 0 aliphatic rings. The summed E-state index contributed by atoms with van der Waals surface area (Å²) in [5.74, 6) is 1.22. The van der Waals surface area contributed by atoms with Crippen LogP contribution in [-0.4, -0.2) is 12.6 Å². The topological polar surface area (TPSA) is 26.3 Å². The van der Waals surface area contributed by atoms with E-state index in [2.05, 4.69) is 34.3 Å². The fraction of sp³-hybridized carbons (Fsp3) is 0.750. The highest BCUT2D eigenvalue weighted by molar-refractivity contribution is 5.86. The van der Waals surface area contributed by atoms with Crippen LogP contribution in [0.15, 0.2) is 12.2 Å². The van der Waals surface area contributed by atoms with E-state index in [4.69, 9.17) is 4.74 Å². The molecule has 0 saturated carbocycles. The molecule has 0 amide bonds. The molecule has 0 atom stereocenters. The summed E-state index contributed by atoms with van der Waals surface area (Å²) in [7, 11) is 0. The molecule has 0 aromatic carbocycles. The van der Waals surface area contributed by atoms with Gasteiger partial charge in [-0.15, -0.1) is 0 Å². The van der Waals surface area contributed by atoms with Gasteiger partial charge in [-0.05, 0) is 24.7 Å². The summed E-state index contributed by atoms with van der Waals surface area (Å²) in [6.45, 7) is 14.3. The second-order valence-electron chi connectivity index (χ2n) is 4.53. The Morgan fingerprint density at radius 2 is 1.64 bits per heavy atom. The molecule has 0 aliphatic heterocycles. The lowest BCUT2D eigenvalue weighted by Crippen LogP contribution is -2.23. The fourth-order valence-electron chi connectivity index (χ4n) is 1.45. The Bertz CT molecular complexity index is 196. The monoisotopic (exact) mass is 198 g/mol. The van der Waals surface area contributed by atoms with Gasteiger partial charge in [-0.3, -0.25) is 0 Å². The zero-order chi connectivity index (χ0) is 11.3. The molecule has 0 radical (unpaired) electrons. The maximum absolute atomic E-state index is 11.2. The molecule has 0 bridgehead atoms. The van der Waals surface area contributed by atoms with Crippen molar-refractivity contribution >= 4 is 5.97 Å². The van der Waals surface area contributed by atoms with Crippen LogP contribution in [0, 0.1) is 17.8 Å². The minimum atomic E-state index is -0.281. The van der Waals surface area contributed by atoms with Crippen LogP contribution >= 0.6 is 0 Å². The van der Waals surface area contributed by atoms with E-state index in [0.29, 0.717) is 29.9 Å². The van der Waals surface area contributed by atoms with Crippen LogP contribution < -0.4 is 0 Å². The van der Waals surface area contributed by atoms with Gasteiger partial charge in [-0.1, -0.05) is 34.3 Å². The van der Waals surface area contributed by atoms with E-state index in [1.54, 1.807) is 6.92 Å². The van der Waals surface area contributed by atoms with Crippen LogP contribution in [0.25, 0.3) is 0 Å². The van der Waals surface area contributed by atoms with Crippen molar-refractivity contribution in [2.75, 3.05) is 6.61 Å². The first kappa shape index (κ1) is 13.2. The molecule has 2 heteroatoms. The molecule has 0 heterocycles. The first-order valence-electron chi connectivity index (χ1n) is 5.18. The van der Waals surface area contributed by atoms with E-state index in [1.165, 1.54) is 0 Å². The quantitative estimate of drug-likeness (QED) is 0.501. The summed E-state index contributed by atoms with van der Waals surface area (Å²) >= 11 is 0. The van der Waals surface area contributed by atoms with E-state index in [0.717, 1.165) is 0 Å². The second-order valence-corrected chi connectivity index (χ2v) is 4.53. The van der Waals surface area contributed by atoms with Crippen molar-refractivity contribution in [3.63, 3.8) is 0 Å². The molecule has 0 fully saturated rings. The molecule has 0 spiro atoms. The summed E-state index contributed by atoms with van der Waals surface area (Å²) < 4.78 is 5.15. The molecule has 0 N–H and O–H groups in total. The molecule has 2 nitrogen and oxygen atoms in total. The average molecular weight is 198 g/mol. The van der Waals surface area contributed by atoms with Crippen molar-refractivity contribution in [3.05, 3.63) is 12.2 Å². The van der Waals surface area contributed by atoms with Gasteiger partial charge in [-0.25, -0.2) is 4.79 Å². The number of carbonyl (C=O) groups excluding carboxylic acids is 1. The van der Waals surface area contributed by atoms with Gasteiger partial charge in [0.1, 0.15) is 0 Å². The third-order valence-corrected chi connectivity index (χ3v) is 2.47. The maximum atomic E-state index is 11.2. The molecule has 14 heavy (non-hydrogen) atoms. The fourth-order valence-corrected chi connectivity index (χ4v) is 1.45. The van der Waals surface area contributed by atoms with Crippen LogP contribution in [0.4, 0.5) is 0 Å². The minimum Gasteiger partial charge on any atom is -0.462 e. The van der Waals surface area contributed by atoms with Gasteiger partial charge in [0.2, 0.25) is 0 Å². The molecule has 0 aromatic heterocycles. The average Bonchev–Trinajstić information content (AvgIpc) is 2.02. The van der Waals surface area contributed by atoms with Crippen LogP contribution in [0.1, 0.15) is 34.6 Å². The lowest BCUT2D eigenvalue weighted by Gasteiger charge is -2.24. The second kappa shape index (κ2) is 5.84. The first-order valence-corrected chi connectivity index (χ1v) is 5.18. The summed E-state index contributed by atoms with van der Waals surface area (Å²) in [5, 5.41) is 0. The highest BCUT2D eigenvalue weighted by Crippen LogP contribution is 2.20. The van der Waals surface area contributed by atoms with Gasteiger partial charge >= 0.3 is 5.97 Å². The molecular weight excluding hydrogens is 176 g/mol. The Balaban J connectivity index is 4.07. The van der Waals surface area contributed by atoms with Crippen molar-refractivity contribution in [2.45, 2.75) is 34.6 Å². The van der Waals surface area contributed by atoms with E-state index in [9.17, 15) is 4.79 Å². The van der Waals surface area contributed by atoms with Crippen molar-refractivity contribution in [3.8, 4) is 0 Å². The summed E-state index contributed by atoms with van der Waals surface area (Å²) in [4.78, 5) is 11.2. The number of hydrogen-bond donors (Lipinski definition) is 0. The molecule has 0 aromatic rings. The zero-order valence-electron chi connectivity index (χ0n) is 9.96. The standard InChI is InChI=1S/C12H22O2/c1-8(2)11(9(3)4)7-14-12(13)10(5)6/h8-9,11H,5,7H2,1-4,6H3. The van der Waals surface area contributed by atoms with Crippen LogP contribution in [0.2, 0.25) is 0 Å². The van der Waals surface area contributed by atoms with Gasteiger partial charge < -0.3 is 4.74 Å². The minimum absolute atomic E-state index is 0.281.